The normalized spacial score (nSPS) is 12.8. The Morgan fingerprint density at radius 3 is 2.83 bits per heavy atom. The van der Waals surface area contributed by atoms with Crippen LogP contribution in [-0.2, 0) is 19.6 Å². The molecule has 0 atom stereocenters. The van der Waals surface area contributed by atoms with Crippen molar-refractivity contribution in [1.82, 2.24) is 20.8 Å². The number of carbonyl (C=O) groups excluding carboxylic acids is 1. The molecule has 2 aromatic carbocycles. The number of H-pyrrole nitrogens is 1. The number of rotatable bonds is 4. The maximum Gasteiger partial charge on any atom is 0.251 e. The van der Waals surface area contributed by atoms with Gasteiger partial charge in [-0.1, -0.05) is 42.5 Å². The summed E-state index contributed by atoms with van der Waals surface area (Å²) in [5.41, 5.74) is 5.93. The van der Waals surface area contributed by atoms with Crippen LogP contribution in [0, 0.1) is 0 Å². The van der Waals surface area contributed by atoms with Crippen molar-refractivity contribution in [2.75, 3.05) is 0 Å². The predicted molar refractivity (Wildman–Crippen MR) is 92.2 cm³/mol. The average Bonchev–Trinajstić information content (AvgIpc) is 3.24. The summed E-state index contributed by atoms with van der Waals surface area (Å²) in [6.45, 7) is 2.15. The summed E-state index contributed by atoms with van der Waals surface area (Å²) < 4.78 is 0. The summed E-state index contributed by atoms with van der Waals surface area (Å²) in [5, 5.41) is 13.7. The van der Waals surface area contributed by atoms with Crippen molar-refractivity contribution in [2.45, 2.75) is 19.6 Å². The van der Waals surface area contributed by atoms with Crippen LogP contribution < -0.4 is 10.6 Å². The molecule has 0 saturated carbocycles. The molecule has 0 radical (unpaired) electrons. The number of hydrogen-bond donors (Lipinski definition) is 3. The van der Waals surface area contributed by atoms with Gasteiger partial charge in [-0.25, -0.2) is 0 Å². The molecule has 1 aromatic heterocycles. The Labute approximate surface area is 140 Å². The molecule has 4 rings (SSSR count). The molecule has 120 valence electrons. The average molecular weight is 318 g/mol. The van der Waals surface area contributed by atoms with Crippen molar-refractivity contribution in [1.29, 1.82) is 0 Å². The Kier molecular flexibility index (Phi) is 3.84. The van der Waals surface area contributed by atoms with Gasteiger partial charge >= 0.3 is 0 Å². The summed E-state index contributed by atoms with van der Waals surface area (Å²) in [5.74, 6) is -0.0778. The number of aromatic nitrogens is 2. The molecule has 5 nitrogen and oxygen atoms in total. The van der Waals surface area contributed by atoms with Crippen LogP contribution in [0.1, 0.15) is 27.2 Å². The van der Waals surface area contributed by atoms with Crippen molar-refractivity contribution in [3.05, 3.63) is 77.0 Å². The van der Waals surface area contributed by atoms with Crippen LogP contribution in [0.25, 0.3) is 11.3 Å². The molecule has 3 N–H and O–H groups in total. The van der Waals surface area contributed by atoms with Gasteiger partial charge in [0.15, 0.2) is 0 Å². The molecule has 0 unspecified atom stereocenters. The van der Waals surface area contributed by atoms with Crippen LogP contribution in [0.15, 0.2) is 54.6 Å². The number of hydrogen-bond acceptors (Lipinski definition) is 3. The molecule has 0 saturated heterocycles. The monoisotopic (exact) mass is 318 g/mol. The molecule has 3 aromatic rings. The molecule has 1 aliphatic rings. The van der Waals surface area contributed by atoms with Gasteiger partial charge in [0.25, 0.3) is 5.91 Å². The highest BCUT2D eigenvalue weighted by Crippen LogP contribution is 2.27. The van der Waals surface area contributed by atoms with E-state index in [0.29, 0.717) is 12.1 Å². The summed E-state index contributed by atoms with van der Waals surface area (Å²) in [4.78, 5) is 12.4. The predicted octanol–water partition coefficient (Wildman–Crippen LogP) is 2.61. The molecule has 1 aliphatic heterocycles. The quantitative estimate of drug-likeness (QED) is 0.692. The van der Waals surface area contributed by atoms with Gasteiger partial charge < -0.3 is 10.6 Å². The Morgan fingerprint density at radius 1 is 1.08 bits per heavy atom. The second kappa shape index (κ2) is 6.29. The Balaban J connectivity index is 1.53. The third kappa shape index (κ3) is 2.81. The lowest BCUT2D eigenvalue weighted by Gasteiger charge is -2.07. The molecule has 0 fully saturated rings. The van der Waals surface area contributed by atoms with Gasteiger partial charge in [0.2, 0.25) is 0 Å². The van der Waals surface area contributed by atoms with Gasteiger partial charge in [0.05, 0.1) is 11.4 Å². The van der Waals surface area contributed by atoms with E-state index in [4.69, 9.17) is 0 Å². The molecule has 24 heavy (non-hydrogen) atoms. The van der Waals surface area contributed by atoms with Gasteiger partial charge in [-0.05, 0) is 17.7 Å². The zero-order chi connectivity index (χ0) is 16.4. The minimum atomic E-state index is -0.0778. The molecule has 1 amide bonds. The van der Waals surface area contributed by atoms with E-state index in [2.05, 4.69) is 20.8 Å². The van der Waals surface area contributed by atoms with E-state index in [1.165, 1.54) is 5.56 Å². The van der Waals surface area contributed by atoms with Crippen LogP contribution in [0.5, 0.6) is 0 Å². The number of benzene rings is 2. The molecule has 2 heterocycles. The van der Waals surface area contributed by atoms with E-state index in [1.807, 2.05) is 54.6 Å². The molecule has 0 spiro atoms. The van der Waals surface area contributed by atoms with Gasteiger partial charge in [-0.3, -0.25) is 9.89 Å². The largest absolute Gasteiger partial charge is 0.348 e. The first-order valence-corrected chi connectivity index (χ1v) is 8.00. The van der Waals surface area contributed by atoms with Crippen LogP contribution in [-0.4, -0.2) is 16.1 Å². The summed E-state index contributed by atoms with van der Waals surface area (Å²) in [7, 11) is 0. The topological polar surface area (TPSA) is 69.8 Å². The summed E-state index contributed by atoms with van der Waals surface area (Å²) in [6, 6.07) is 17.5. The summed E-state index contributed by atoms with van der Waals surface area (Å²) >= 11 is 0. The minimum Gasteiger partial charge on any atom is -0.348 e. The van der Waals surface area contributed by atoms with Gasteiger partial charge in [-0.15, -0.1) is 0 Å². The Bertz CT molecular complexity index is 870. The van der Waals surface area contributed by atoms with Crippen LogP contribution in [0.2, 0.25) is 0 Å². The lowest BCUT2D eigenvalue weighted by Crippen LogP contribution is -2.22. The molecule has 5 heteroatoms. The fourth-order valence-electron chi connectivity index (χ4n) is 2.98. The number of nitrogens with zero attached hydrogens (tertiary/aromatic N) is 1. The number of nitrogens with one attached hydrogen (secondary N) is 3. The van der Waals surface area contributed by atoms with E-state index in [0.717, 1.165) is 35.6 Å². The lowest BCUT2D eigenvalue weighted by molar-refractivity contribution is 0.0951. The Hall–Kier alpha value is -2.92. The fourth-order valence-corrected chi connectivity index (χ4v) is 2.98. The van der Waals surface area contributed by atoms with Crippen molar-refractivity contribution in [2.24, 2.45) is 0 Å². The summed E-state index contributed by atoms with van der Waals surface area (Å²) in [6.07, 6.45) is 0. The van der Waals surface area contributed by atoms with Crippen molar-refractivity contribution >= 4 is 5.91 Å². The smallest absolute Gasteiger partial charge is 0.251 e. The number of fused-ring (bicyclic) bond motifs is 1. The second-order valence-corrected chi connectivity index (χ2v) is 5.88. The SMILES string of the molecule is O=C(NCc1ccccc1)c1cccc(-c2n[nH]c3c2CNC3)c1. The van der Waals surface area contributed by atoms with Gasteiger partial charge in [-0.2, -0.15) is 5.10 Å². The molecule has 0 bridgehead atoms. The third-order valence-electron chi connectivity index (χ3n) is 4.25. The highest BCUT2D eigenvalue weighted by molar-refractivity contribution is 5.95. The Morgan fingerprint density at radius 2 is 1.96 bits per heavy atom. The number of aromatic amines is 1. The minimum absolute atomic E-state index is 0.0778. The van der Waals surface area contributed by atoms with Gasteiger partial charge in [0.1, 0.15) is 0 Å². The standard InChI is InChI=1S/C19H18N4O/c24-19(21-10-13-5-2-1-3-6-13)15-8-4-7-14(9-15)18-16-11-20-12-17(16)22-23-18/h1-9,20H,10-12H2,(H,21,24)(H,22,23). The maximum absolute atomic E-state index is 12.4. The van der Waals surface area contributed by atoms with Crippen molar-refractivity contribution in [3.8, 4) is 11.3 Å². The fraction of sp³-hybridized carbons (Fsp3) is 0.158. The van der Waals surface area contributed by atoms with E-state index in [9.17, 15) is 4.79 Å². The molecular weight excluding hydrogens is 300 g/mol. The van der Waals surface area contributed by atoms with Crippen molar-refractivity contribution < 1.29 is 4.79 Å². The number of amides is 1. The molecular formula is C19H18N4O. The molecule has 0 aliphatic carbocycles. The lowest BCUT2D eigenvalue weighted by atomic mass is 10.0. The zero-order valence-corrected chi connectivity index (χ0v) is 13.2. The van der Waals surface area contributed by atoms with E-state index < -0.39 is 0 Å². The highest BCUT2D eigenvalue weighted by atomic mass is 16.1. The number of carbonyl (C=O) groups is 1. The van der Waals surface area contributed by atoms with E-state index in [-0.39, 0.29) is 5.91 Å². The van der Waals surface area contributed by atoms with Gasteiger partial charge in [0, 0.05) is 36.3 Å². The zero-order valence-electron chi connectivity index (χ0n) is 13.2. The van der Waals surface area contributed by atoms with Crippen LogP contribution in [0.4, 0.5) is 0 Å². The van der Waals surface area contributed by atoms with Crippen LogP contribution in [0.3, 0.4) is 0 Å². The van der Waals surface area contributed by atoms with E-state index >= 15 is 0 Å². The first kappa shape index (κ1) is 14.7. The maximum atomic E-state index is 12.4. The highest BCUT2D eigenvalue weighted by Gasteiger charge is 2.19. The first-order chi connectivity index (χ1) is 11.8. The van der Waals surface area contributed by atoms with Crippen LogP contribution >= 0.6 is 0 Å². The van der Waals surface area contributed by atoms with Crippen molar-refractivity contribution in [3.63, 3.8) is 0 Å². The first-order valence-electron chi connectivity index (χ1n) is 8.00. The second-order valence-electron chi connectivity index (χ2n) is 5.88. The van der Waals surface area contributed by atoms with E-state index in [1.54, 1.807) is 0 Å². The third-order valence-corrected chi connectivity index (χ3v) is 4.25.